The normalized spacial score (nSPS) is 10.6. The third-order valence-corrected chi connectivity index (χ3v) is 5.24. The van der Waals surface area contributed by atoms with Gasteiger partial charge in [0.05, 0.1) is 18.5 Å². The zero-order valence-corrected chi connectivity index (χ0v) is 16.9. The van der Waals surface area contributed by atoms with Crippen LogP contribution in [0.2, 0.25) is 0 Å². The van der Waals surface area contributed by atoms with Gasteiger partial charge in [-0.1, -0.05) is 36.4 Å². The molecule has 2 aromatic carbocycles. The quantitative estimate of drug-likeness (QED) is 0.468. The summed E-state index contributed by atoms with van der Waals surface area (Å²) in [5.41, 5.74) is 2.52. The molecule has 7 nitrogen and oxygen atoms in total. The van der Waals surface area contributed by atoms with Crippen molar-refractivity contribution < 1.29 is 14.3 Å². The summed E-state index contributed by atoms with van der Waals surface area (Å²) in [6.45, 7) is 2.03. The van der Waals surface area contributed by atoms with E-state index in [4.69, 9.17) is 4.74 Å². The molecule has 0 aliphatic carbocycles. The Labute approximate surface area is 177 Å². The van der Waals surface area contributed by atoms with Crippen LogP contribution in [-0.4, -0.2) is 33.2 Å². The third kappa shape index (κ3) is 4.28. The fourth-order valence-electron chi connectivity index (χ4n) is 2.79. The Bertz CT molecular complexity index is 1180. The smallest absolute Gasteiger partial charge is 0.358 e. The average molecular weight is 418 g/mol. The molecule has 150 valence electrons. The van der Waals surface area contributed by atoms with Crippen LogP contribution >= 0.6 is 11.3 Å². The Morgan fingerprint density at radius 1 is 1.10 bits per heavy atom. The monoisotopic (exact) mass is 418 g/mol. The summed E-state index contributed by atoms with van der Waals surface area (Å²) in [6, 6.07) is 18.5. The summed E-state index contributed by atoms with van der Waals surface area (Å²) in [5, 5.41) is 7.91. The van der Waals surface area contributed by atoms with E-state index in [0.717, 1.165) is 10.6 Å². The lowest BCUT2D eigenvalue weighted by Crippen LogP contribution is -2.10. The molecule has 0 radical (unpaired) electrons. The number of hydrogen-bond donors (Lipinski definition) is 1. The molecule has 0 spiro atoms. The van der Waals surface area contributed by atoms with Crippen molar-refractivity contribution in [1.29, 1.82) is 0 Å². The minimum atomic E-state index is -0.472. The van der Waals surface area contributed by atoms with Crippen LogP contribution in [0.15, 0.2) is 73.1 Å². The number of rotatable bonds is 6. The second kappa shape index (κ2) is 8.71. The molecule has 1 N–H and O–H groups in total. The van der Waals surface area contributed by atoms with Gasteiger partial charge in [-0.15, -0.1) is 11.3 Å². The van der Waals surface area contributed by atoms with Crippen LogP contribution in [0.5, 0.6) is 0 Å². The lowest BCUT2D eigenvalue weighted by Gasteiger charge is -2.06. The van der Waals surface area contributed by atoms with Crippen molar-refractivity contribution in [2.24, 2.45) is 0 Å². The highest BCUT2D eigenvalue weighted by Gasteiger charge is 2.14. The van der Waals surface area contributed by atoms with Crippen LogP contribution in [0, 0.1) is 0 Å². The van der Waals surface area contributed by atoms with Gasteiger partial charge in [0.2, 0.25) is 0 Å². The summed E-state index contributed by atoms with van der Waals surface area (Å²) in [4.78, 5) is 29.3. The standard InChI is InChI=1S/C22H18N4O3S/c1-2-29-22(28)18-11-12-26(25-18)17-10-6-9-16(13-17)24-20(27)19-14-23-21(30-19)15-7-4-3-5-8-15/h3-14H,2H2,1H3,(H,24,27). The van der Waals surface area contributed by atoms with Crippen molar-refractivity contribution in [3.63, 3.8) is 0 Å². The fourth-order valence-corrected chi connectivity index (χ4v) is 3.61. The van der Waals surface area contributed by atoms with Gasteiger partial charge in [0, 0.05) is 17.4 Å². The van der Waals surface area contributed by atoms with Crippen molar-refractivity contribution in [3.8, 4) is 16.3 Å². The maximum Gasteiger partial charge on any atom is 0.358 e. The summed E-state index contributed by atoms with van der Waals surface area (Å²) in [5.74, 6) is -0.709. The van der Waals surface area contributed by atoms with E-state index in [1.165, 1.54) is 11.3 Å². The number of nitrogens with zero attached hydrogens (tertiary/aromatic N) is 3. The average Bonchev–Trinajstić information content (AvgIpc) is 3.45. The summed E-state index contributed by atoms with van der Waals surface area (Å²) in [6.07, 6.45) is 3.24. The Kier molecular flexibility index (Phi) is 5.67. The minimum Gasteiger partial charge on any atom is -0.461 e. The molecule has 8 heteroatoms. The predicted octanol–water partition coefficient (Wildman–Crippen LogP) is 4.42. The van der Waals surface area contributed by atoms with E-state index in [0.29, 0.717) is 16.3 Å². The van der Waals surface area contributed by atoms with E-state index in [1.54, 1.807) is 48.3 Å². The first-order valence-corrected chi connectivity index (χ1v) is 10.1. The van der Waals surface area contributed by atoms with Crippen LogP contribution in [0.3, 0.4) is 0 Å². The van der Waals surface area contributed by atoms with E-state index in [-0.39, 0.29) is 18.2 Å². The Morgan fingerprint density at radius 3 is 2.73 bits per heavy atom. The maximum atomic E-state index is 12.6. The van der Waals surface area contributed by atoms with Gasteiger partial charge in [-0.25, -0.2) is 14.5 Å². The van der Waals surface area contributed by atoms with Crippen LogP contribution in [0.1, 0.15) is 27.1 Å². The third-order valence-electron chi connectivity index (χ3n) is 4.19. The Morgan fingerprint density at radius 2 is 1.93 bits per heavy atom. The molecule has 2 heterocycles. The second-order valence-electron chi connectivity index (χ2n) is 6.27. The van der Waals surface area contributed by atoms with E-state index in [1.807, 2.05) is 36.4 Å². The zero-order valence-electron chi connectivity index (χ0n) is 16.1. The van der Waals surface area contributed by atoms with Crippen molar-refractivity contribution in [1.82, 2.24) is 14.8 Å². The molecule has 0 aliphatic heterocycles. The number of esters is 1. The molecule has 4 rings (SSSR count). The molecular weight excluding hydrogens is 400 g/mol. The zero-order chi connectivity index (χ0) is 20.9. The molecule has 0 aliphatic rings. The summed E-state index contributed by atoms with van der Waals surface area (Å²) < 4.78 is 6.52. The molecule has 2 aromatic heterocycles. The fraction of sp³-hybridized carbons (Fsp3) is 0.0909. The molecule has 0 bridgehead atoms. The molecule has 0 saturated carbocycles. The van der Waals surface area contributed by atoms with Crippen LogP contribution < -0.4 is 5.32 Å². The summed E-state index contributed by atoms with van der Waals surface area (Å²) in [7, 11) is 0. The second-order valence-corrected chi connectivity index (χ2v) is 7.30. The molecule has 30 heavy (non-hydrogen) atoms. The van der Waals surface area contributed by atoms with E-state index in [9.17, 15) is 9.59 Å². The molecule has 0 saturated heterocycles. The topological polar surface area (TPSA) is 86.1 Å². The maximum absolute atomic E-state index is 12.6. The SMILES string of the molecule is CCOC(=O)c1ccn(-c2cccc(NC(=O)c3cnc(-c4ccccc4)s3)c2)n1. The Hall–Kier alpha value is -3.78. The molecule has 4 aromatic rings. The molecule has 0 unspecified atom stereocenters. The van der Waals surface area contributed by atoms with Gasteiger partial charge >= 0.3 is 5.97 Å². The van der Waals surface area contributed by atoms with Crippen LogP contribution in [0.4, 0.5) is 5.69 Å². The highest BCUT2D eigenvalue weighted by molar-refractivity contribution is 7.17. The van der Waals surface area contributed by atoms with E-state index >= 15 is 0 Å². The van der Waals surface area contributed by atoms with E-state index < -0.39 is 5.97 Å². The van der Waals surface area contributed by atoms with Gasteiger partial charge in [0.25, 0.3) is 5.91 Å². The summed E-state index contributed by atoms with van der Waals surface area (Å²) >= 11 is 1.33. The van der Waals surface area contributed by atoms with Gasteiger partial charge in [-0.2, -0.15) is 5.10 Å². The molecule has 0 atom stereocenters. The number of ether oxygens (including phenoxy) is 1. The van der Waals surface area contributed by atoms with Crippen LogP contribution in [0.25, 0.3) is 16.3 Å². The number of aromatic nitrogens is 3. The van der Waals surface area contributed by atoms with Crippen LogP contribution in [-0.2, 0) is 4.74 Å². The van der Waals surface area contributed by atoms with Gasteiger partial charge in [0.1, 0.15) is 9.88 Å². The van der Waals surface area contributed by atoms with Gasteiger partial charge in [-0.05, 0) is 31.2 Å². The number of hydrogen-bond acceptors (Lipinski definition) is 6. The molecule has 1 amide bonds. The lowest BCUT2D eigenvalue weighted by molar-refractivity contribution is 0.0519. The van der Waals surface area contributed by atoms with Crippen molar-refractivity contribution in [2.45, 2.75) is 6.92 Å². The van der Waals surface area contributed by atoms with E-state index in [2.05, 4.69) is 15.4 Å². The number of carbonyl (C=O) groups is 2. The molecular formula is C22H18N4O3S. The highest BCUT2D eigenvalue weighted by Crippen LogP contribution is 2.25. The van der Waals surface area contributed by atoms with Crippen molar-refractivity contribution in [2.75, 3.05) is 11.9 Å². The van der Waals surface area contributed by atoms with Gasteiger partial charge < -0.3 is 10.1 Å². The first-order valence-electron chi connectivity index (χ1n) is 9.30. The number of carbonyl (C=O) groups excluding carboxylic acids is 2. The predicted molar refractivity (Wildman–Crippen MR) is 115 cm³/mol. The highest BCUT2D eigenvalue weighted by atomic mass is 32.1. The first-order chi connectivity index (χ1) is 14.6. The first kappa shape index (κ1) is 19.5. The van der Waals surface area contributed by atoms with Gasteiger partial charge in [-0.3, -0.25) is 4.79 Å². The molecule has 0 fully saturated rings. The number of nitrogens with one attached hydrogen (secondary N) is 1. The number of amides is 1. The van der Waals surface area contributed by atoms with Gasteiger partial charge in [0.15, 0.2) is 5.69 Å². The van der Waals surface area contributed by atoms with Crippen molar-refractivity contribution >= 4 is 28.9 Å². The lowest BCUT2D eigenvalue weighted by atomic mass is 10.2. The largest absolute Gasteiger partial charge is 0.461 e. The minimum absolute atomic E-state index is 0.226. The number of benzene rings is 2. The van der Waals surface area contributed by atoms with Crippen molar-refractivity contribution in [3.05, 3.63) is 83.6 Å². The number of thiazole rings is 1. The number of anilines is 1. The Balaban J connectivity index is 1.49.